The second kappa shape index (κ2) is 7.70. The Morgan fingerprint density at radius 2 is 2.25 bits per heavy atom. The Hall–Kier alpha value is -1.00. The number of nitrogens with zero attached hydrogens (tertiary/aromatic N) is 2. The molecule has 20 heavy (non-hydrogen) atoms. The molecule has 0 aliphatic carbocycles. The molecule has 1 aliphatic rings. The quantitative estimate of drug-likeness (QED) is 0.725. The minimum absolute atomic E-state index is 0.617. The van der Waals surface area contributed by atoms with Gasteiger partial charge in [-0.3, -0.25) is 9.88 Å². The molecule has 1 aromatic rings. The summed E-state index contributed by atoms with van der Waals surface area (Å²) in [6.45, 7) is 1.93. The summed E-state index contributed by atoms with van der Waals surface area (Å²) in [5.74, 6) is 2.23. The molecule has 0 N–H and O–H groups in total. The Morgan fingerprint density at radius 1 is 1.40 bits per heavy atom. The van der Waals surface area contributed by atoms with Crippen LogP contribution >= 0.6 is 11.6 Å². The van der Waals surface area contributed by atoms with Gasteiger partial charge in [-0.2, -0.15) is 0 Å². The van der Waals surface area contributed by atoms with Crippen molar-refractivity contribution in [3.8, 4) is 11.5 Å². The maximum Gasteiger partial charge on any atom is 0.183 e. The summed E-state index contributed by atoms with van der Waals surface area (Å²) < 4.78 is 10.8. The van der Waals surface area contributed by atoms with Crippen LogP contribution in [0.25, 0.3) is 0 Å². The Labute approximate surface area is 126 Å². The molecule has 0 bridgehead atoms. The van der Waals surface area contributed by atoms with E-state index in [0.717, 1.165) is 49.0 Å². The third-order valence-electron chi connectivity index (χ3n) is 3.89. The van der Waals surface area contributed by atoms with E-state index in [9.17, 15) is 0 Å². The lowest BCUT2D eigenvalue weighted by Crippen LogP contribution is -2.29. The first-order valence-corrected chi connectivity index (χ1v) is 7.69. The predicted molar refractivity (Wildman–Crippen MR) is 80.7 cm³/mol. The number of hydrogen-bond donors (Lipinski definition) is 0. The third kappa shape index (κ3) is 3.55. The van der Waals surface area contributed by atoms with Crippen LogP contribution in [0.1, 0.15) is 31.4 Å². The van der Waals surface area contributed by atoms with Crippen molar-refractivity contribution in [3.05, 3.63) is 18.0 Å². The first kappa shape index (κ1) is 15.4. The Balaban J connectivity index is 2.09. The second-order valence-corrected chi connectivity index (χ2v) is 5.47. The average Bonchev–Trinajstić information content (AvgIpc) is 2.92. The Kier molecular flexibility index (Phi) is 5.92. The number of alkyl halides is 1. The average molecular weight is 299 g/mol. The molecule has 1 aromatic heterocycles. The van der Waals surface area contributed by atoms with Crippen LogP contribution in [0.3, 0.4) is 0 Å². The largest absolute Gasteiger partial charge is 0.493 e. The molecule has 1 atom stereocenters. The lowest BCUT2D eigenvalue weighted by atomic mass is 10.1. The van der Waals surface area contributed by atoms with Gasteiger partial charge in [0, 0.05) is 30.7 Å². The van der Waals surface area contributed by atoms with Gasteiger partial charge in [-0.1, -0.05) is 0 Å². The number of aromatic nitrogens is 1. The summed E-state index contributed by atoms with van der Waals surface area (Å²) in [5, 5.41) is 0. The van der Waals surface area contributed by atoms with Gasteiger partial charge in [0.15, 0.2) is 11.5 Å². The van der Waals surface area contributed by atoms with Gasteiger partial charge in [0.1, 0.15) is 5.69 Å². The Bertz CT molecular complexity index is 428. The normalized spacial score (nSPS) is 19.2. The van der Waals surface area contributed by atoms with Crippen molar-refractivity contribution in [2.24, 2.45) is 0 Å². The van der Waals surface area contributed by atoms with E-state index in [-0.39, 0.29) is 0 Å². The van der Waals surface area contributed by atoms with E-state index in [4.69, 9.17) is 21.1 Å². The van der Waals surface area contributed by atoms with Crippen LogP contribution in [0.5, 0.6) is 11.5 Å². The van der Waals surface area contributed by atoms with Crippen molar-refractivity contribution in [1.29, 1.82) is 0 Å². The fourth-order valence-electron chi connectivity index (χ4n) is 2.90. The van der Waals surface area contributed by atoms with Crippen molar-refractivity contribution in [3.63, 3.8) is 0 Å². The summed E-state index contributed by atoms with van der Waals surface area (Å²) >= 11 is 5.81. The number of hydrogen-bond acceptors (Lipinski definition) is 4. The molecule has 4 nitrogen and oxygen atoms in total. The smallest absolute Gasteiger partial charge is 0.183 e. The first-order chi connectivity index (χ1) is 9.80. The lowest BCUT2D eigenvalue weighted by Gasteiger charge is -2.24. The molecule has 0 spiro atoms. The van der Waals surface area contributed by atoms with E-state index in [1.54, 1.807) is 20.4 Å². The second-order valence-electron chi connectivity index (χ2n) is 5.09. The molecule has 1 fully saturated rings. The summed E-state index contributed by atoms with van der Waals surface area (Å²) in [4.78, 5) is 6.95. The van der Waals surface area contributed by atoms with Crippen molar-refractivity contribution < 1.29 is 9.47 Å². The zero-order chi connectivity index (χ0) is 14.4. The van der Waals surface area contributed by atoms with Crippen molar-refractivity contribution in [1.82, 2.24) is 9.88 Å². The van der Waals surface area contributed by atoms with Gasteiger partial charge in [-0.25, -0.2) is 0 Å². The fourth-order valence-corrected chi connectivity index (χ4v) is 3.05. The molecular formula is C15H23ClN2O2. The highest BCUT2D eigenvalue weighted by molar-refractivity contribution is 6.17. The van der Waals surface area contributed by atoms with Crippen LogP contribution in [0.2, 0.25) is 0 Å². The van der Waals surface area contributed by atoms with Crippen LogP contribution in [0.4, 0.5) is 0 Å². The molecule has 0 aromatic carbocycles. The first-order valence-electron chi connectivity index (χ1n) is 7.16. The highest BCUT2D eigenvalue weighted by Gasteiger charge is 2.25. The number of rotatable bonds is 7. The molecule has 1 saturated heterocycles. The SMILES string of the molecule is COc1ccnc(CN2CCCC2CCCCl)c1OC. The highest BCUT2D eigenvalue weighted by Crippen LogP contribution is 2.32. The molecule has 5 heteroatoms. The van der Waals surface area contributed by atoms with Crippen molar-refractivity contribution in [2.45, 2.75) is 38.3 Å². The van der Waals surface area contributed by atoms with Crippen LogP contribution in [-0.2, 0) is 6.54 Å². The highest BCUT2D eigenvalue weighted by atomic mass is 35.5. The zero-order valence-electron chi connectivity index (χ0n) is 12.3. The van der Waals surface area contributed by atoms with Crippen LogP contribution in [0, 0.1) is 0 Å². The van der Waals surface area contributed by atoms with E-state index in [0.29, 0.717) is 6.04 Å². The molecule has 1 aliphatic heterocycles. The third-order valence-corrected chi connectivity index (χ3v) is 4.16. The van der Waals surface area contributed by atoms with Gasteiger partial charge in [-0.05, 0) is 32.2 Å². The van der Waals surface area contributed by atoms with Crippen LogP contribution < -0.4 is 9.47 Å². The molecule has 1 unspecified atom stereocenters. The van der Waals surface area contributed by atoms with E-state index in [2.05, 4.69) is 9.88 Å². The molecule has 2 heterocycles. The van der Waals surface area contributed by atoms with Crippen LogP contribution in [-0.4, -0.2) is 42.6 Å². The standard InChI is InChI=1S/C15H23ClN2O2/c1-19-14-7-9-17-13(15(14)20-2)11-18-10-4-6-12(18)5-3-8-16/h7,9,12H,3-6,8,10-11H2,1-2H3. The molecule has 2 rings (SSSR count). The summed E-state index contributed by atoms with van der Waals surface area (Å²) in [7, 11) is 3.32. The number of pyridine rings is 1. The van der Waals surface area contributed by atoms with Gasteiger partial charge in [0.2, 0.25) is 0 Å². The minimum Gasteiger partial charge on any atom is -0.493 e. The summed E-state index contributed by atoms with van der Waals surface area (Å²) in [6, 6.07) is 2.45. The number of halogens is 1. The van der Waals surface area contributed by atoms with E-state index in [1.165, 1.54) is 12.8 Å². The summed E-state index contributed by atoms with van der Waals surface area (Å²) in [6.07, 6.45) is 6.52. The van der Waals surface area contributed by atoms with E-state index in [1.807, 2.05) is 6.07 Å². The molecular weight excluding hydrogens is 276 g/mol. The Morgan fingerprint density at radius 3 is 2.95 bits per heavy atom. The number of ether oxygens (including phenoxy) is 2. The number of likely N-dealkylation sites (tertiary alicyclic amines) is 1. The monoisotopic (exact) mass is 298 g/mol. The molecule has 0 amide bonds. The molecule has 0 radical (unpaired) electrons. The van der Waals surface area contributed by atoms with E-state index < -0.39 is 0 Å². The molecule has 112 valence electrons. The van der Waals surface area contributed by atoms with Gasteiger partial charge in [0.25, 0.3) is 0 Å². The van der Waals surface area contributed by atoms with Gasteiger partial charge in [0.05, 0.1) is 14.2 Å². The van der Waals surface area contributed by atoms with E-state index >= 15 is 0 Å². The maximum absolute atomic E-state index is 5.81. The maximum atomic E-state index is 5.81. The van der Waals surface area contributed by atoms with Gasteiger partial charge >= 0.3 is 0 Å². The van der Waals surface area contributed by atoms with Gasteiger partial charge in [-0.15, -0.1) is 11.6 Å². The van der Waals surface area contributed by atoms with Gasteiger partial charge < -0.3 is 9.47 Å². The minimum atomic E-state index is 0.617. The topological polar surface area (TPSA) is 34.6 Å². The van der Waals surface area contributed by atoms with Crippen molar-refractivity contribution >= 4 is 11.6 Å². The van der Waals surface area contributed by atoms with Crippen LogP contribution in [0.15, 0.2) is 12.3 Å². The lowest BCUT2D eigenvalue weighted by molar-refractivity contribution is 0.226. The zero-order valence-corrected chi connectivity index (χ0v) is 13.0. The predicted octanol–water partition coefficient (Wildman–Crippen LogP) is 3.08. The van der Waals surface area contributed by atoms with Crippen molar-refractivity contribution in [2.75, 3.05) is 26.6 Å². The summed E-state index contributed by atoms with van der Waals surface area (Å²) in [5.41, 5.74) is 0.949. The fraction of sp³-hybridized carbons (Fsp3) is 0.667. The molecule has 0 saturated carbocycles. The number of methoxy groups -OCH3 is 2.